The molecule has 0 amide bonds. The fraction of sp³-hybridized carbons (Fsp3) is 0.357. The van der Waals surface area contributed by atoms with Gasteiger partial charge in [-0.2, -0.15) is 17.5 Å². The van der Waals surface area contributed by atoms with E-state index in [-0.39, 0.29) is 37.2 Å². The second-order valence-corrected chi connectivity index (χ2v) is 7.11. The van der Waals surface area contributed by atoms with Crippen LogP contribution in [-0.2, 0) is 20.9 Å². The smallest absolute Gasteiger partial charge is 0.416 e. The number of morpholine rings is 1. The van der Waals surface area contributed by atoms with Crippen LogP contribution in [0.5, 0.6) is 5.75 Å². The van der Waals surface area contributed by atoms with Gasteiger partial charge in [-0.3, -0.25) is 0 Å². The van der Waals surface area contributed by atoms with Crippen LogP contribution in [0, 0.1) is 0 Å². The van der Waals surface area contributed by atoms with Gasteiger partial charge in [0.1, 0.15) is 5.75 Å². The number of hydrogen-bond acceptors (Lipinski definition) is 5. The van der Waals surface area contributed by atoms with Gasteiger partial charge >= 0.3 is 6.18 Å². The average Bonchev–Trinajstić information content (AvgIpc) is 2.54. The monoisotopic (exact) mass is 362 g/mol. The van der Waals surface area contributed by atoms with E-state index in [9.17, 15) is 26.7 Å². The fourth-order valence-electron chi connectivity index (χ4n) is 2.41. The molecule has 0 bridgehead atoms. The van der Waals surface area contributed by atoms with E-state index >= 15 is 0 Å². The molecule has 0 spiro atoms. The molecular formula is C14H13F3N2O4S. The minimum absolute atomic E-state index is 0.0326. The van der Waals surface area contributed by atoms with Crippen molar-refractivity contribution in [3.8, 4) is 5.75 Å². The van der Waals surface area contributed by atoms with Crippen LogP contribution in [0.2, 0.25) is 0 Å². The maximum absolute atomic E-state index is 12.7. The number of fused-ring (bicyclic) bond motifs is 1. The van der Waals surface area contributed by atoms with Crippen LogP contribution in [0.4, 0.5) is 13.2 Å². The number of sulfonamides is 1. The van der Waals surface area contributed by atoms with E-state index in [1.165, 1.54) is 0 Å². The summed E-state index contributed by atoms with van der Waals surface area (Å²) in [4.78, 5) is 3.91. The predicted molar refractivity (Wildman–Crippen MR) is 78.0 cm³/mol. The number of aromatic nitrogens is 1. The Morgan fingerprint density at radius 2 is 1.83 bits per heavy atom. The van der Waals surface area contributed by atoms with E-state index in [1.807, 2.05) is 0 Å². The van der Waals surface area contributed by atoms with E-state index in [1.54, 1.807) is 0 Å². The number of nitrogens with zero attached hydrogens (tertiary/aromatic N) is 2. The van der Waals surface area contributed by atoms with Crippen molar-refractivity contribution < 1.29 is 31.4 Å². The van der Waals surface area contributed by atoms with Crippen LogP contribution >= 0.6 is 0 Å². The van der Waals surface area contributed by atoms with Crippen molar-refractivity contribution in [2.75, 3.05) is 26.3 Å². The average molecular weight is 362 g/mol. The first kappa shape index (κ1) is 16.9. The molecule has 0 unspecified atom stereocenters. The topological polar surface area (TPSA) is 79.7 Å². The summed E-state index contributed by atoms with van der Waals surface area (Å²) < 4.78 is 69.5. The van der Waals surface area contributed by atoms with E-state index < -0.39 is 32.5 Å². The second-order valence-electron chi connectivity index (χ2n) is 5.23. The number of ether oxygens (including phenoxy) is 1. The summed E-state index contributed by atoms with van der Waals surface area (Å²) in [7, 11) is -3.95. The highest BCUT2D eigenvalue weighted by Crippen LogP contribution is 2.34. The Morgan fingerprint density at radius 1 is 1.17 bits per heavy atom. The Bertz CT molecular complexity index is 877. The number of rotatable bonds is 2. The van der Waals surface area contributed by atoms with Crippen molar-refractivity contribution in [1.29, 1.82) is 0 Å². The fourth-order valence-corrected chi connectivity index (χ4v) is 3.78. The van der Waals surface area contributed by atoms with Crippen molar-refractivity contribution >= 4 is 20.9 Å². The van der Waals surface area contributed by atoms with Crippen LogP contribution < -0.4 is 0 Å². The molecule has 10 heteroatoms. The molecule has 2 aromatic rings. The summed E-state index contributed by atoms with van der Waals surface area (Å²) in [5.74, 6) is -0.571. The number of hydrogen-bond donors (Lipinski definition) is 1. The summed E-state index contributed by atoms with van der Waals surface area (Å²) in [6.45, 7) is 0.785. The first-order valence-corrected chi connectivity index (χ1v) is 8.42. The van der Waals surface area contributed by atoms with Crippen molar-refractivity contribution in [3.63, 3.8) is 0 Å². The number of alkyl halides is 3. The summed E-state index contributed by atoms with van der Waals surface area (Å²) in [6, 6.07) is 3.44. The molecule has 3 rings (SSSR count). The zero-order valence-electron chi connectivity index (χ0n) is 12.2. The summed E-state index contributed by atoms with van der Waals surface area (Å²) in [6.07, 6.45) is -4.57. The molecule has 1 N–H and O–H groups in total. The third kappa shape index (κ3) is 3.04. The molecule has 6 nitrogen and oxygen atoms in total. The molecule has 1 aliphatic heterocycles. The van der Waals surface area contributed by atoms with Crippen LogP contribution in [0.3, 0.4) is 0 Å². The minimum Gasteiger partial charge on any atom is -0.507 e. The molecule has 0 saturated carbocycles. The highest BCUT2D eigenvalue weighted by atomic mass is 32.2. The molecule has 0 aliphatic carbocycles. The molecule has 2 heterocycles. The van der Waals surface area contributed by atoms with E-state index in [4.69, 9.17) is 4.74 Å². The molecule has 1 aromatic carbocycles. The zero-order valence-corrected chi connectivity index (χ0v) is 13.1. The lowest BCUT2D eigenvalue weighted by molar-refractivity contribution is -0.137. The van der Waals surface area contributed by atoms with Gasteiger partial charge in [-0.25, -0.2) is 13.4 Å². The molecule has 1 saturated heterocycles. The number of pyridine rings is 1. The number of aromatic hydroxyl groups is 1. The van der Waals surface area contributed by atoms with Gasteiger partial charge in [0, 0.05) is 24.5 Å². The van der Waals surface area contributed by atoms with E-state index in [2.05, 4.69) is 4.98 Å². The number of halogens is 3. The summed E-state index contributed by atoms with van der Waals surface area (Å²) in [5, 5.41) is 9.42. The maximum Gasteiger partial charge on any atom is 0.416 e. The standard InChI is InChI=1S/C14H13F3N2O4S/c15-14(16,17)9-1-2-11-10(7-9)12(20)8-13(18-11)24(21,22)19-3-5-23-6-4-19/h1-2,7-8H,3-6H2,(H,18,20). The first-order chi connectivity index (χ1) is 11.2. The van der Waals surface area contributed by atoms with Gasteiger partial charge in [-0.05, 0) is 18.2 Å². The van der Waals surface area contributed by atoms with Crippen molar-refractivity contribution in [3.05, 3.63) is 29.8 Å². The Hall–Kier alpha value is -1.91. The quantitative estimate of drug-likeness (QED) is 0.884. The van der Waals surface area contributed by atoms with E-state index in [0.717, 1.165) is 28.6 Å². The maximum atomic E-state index is 12.7. The zero-order chi connectivity index (χ0) is 17.5. The van der Waals surface area contributed by atoms with Crippen molar-refractivity contribution in [2.24, 2.45) is 0 Å². The summed E-state index contributed by atoms with van der Waals surface area (Å²) in [5.41, 5.74) is -0.981. The van der Waals surface area contributed by atoms with Crippen LogP contribution in [0.25, 0.3) is 10.9 Å². The Labute approximate surface area is 135 Å². The number of benzene rings is 1. The molecule has 0 atom stereocenters. The molecule has 130 valence electrons. The molecule has 1 fully saturated rings. The van der Waals surface area contributed by atoms with Gasteiger partial charge in [-0.15, -0.1) is 0 Å². The highest BCUT2D eigenvalue weighted by Gasteiger charge is 2.32. The highest BCUT2D eigenvalue weighted by molar-refractivity contribution is 7.89. The van der Waals surface area contributed by atoms with Crippen LogP contribution in [-0.4, -0.2) is 49.1 Å². The lowest BCUT2D eigenvalue weighted by atomic mass is 10.1. The Balaban J connectivity index is 2.08. The second kappa shape index (κ2) is 5.87. The third-order valence-electron chi connectivity index (χ3n) is 3.66. The normalized spacial score (nSPS) is 17.3. The predicted octanol–water partition coefficient (Wildman–Crippen LogP) is 1.98. The van der Waals surface area contributed by atoms with Gasteiger partial charge < -0.3 is 9.84 Å². The lowest BCUT2D eigenvalue weighted by Gasteiger charge is -2.25. The minimum atomic E-state index is -4.57. The van der Waals surface area contributed by atoms with Gasteiger partial charge in [-0.1, -0.05) is 0 Å². The summed E-state index contributed by atoms with van der Waals surface area (Å²) >= 11 is 0. The largest absolute Gasteiger partial charge is 0.507 e. The molecule has 1 aliphatic rings. The SMILES string of the molecule is O=S(=O)(c1cc(O)c2cc(C(F)(F)F)ccc2n1)N1CCOCC1. The molecule has 24 heavy (non-hydrogen) atoms. The van der Waals surface area contributed by atoms with E-state index in [0.29, 0.717) is 0 Å². The van der Waals surface area contributed by atoms with Crippen molar-refractivity contribution in [2.45, 2.75) is 11.2 Å². The van der Waals surface area contributed by atoms with Gasteiger partial charge in [0.15, 0.2) is 5.03 Å². The van der Waals surface area contributed by atoms with Crippen LogP contribution in [0.15, 0.2) is 29.3 Å². The third-order valence-corrected chi connectivity index (χ3v) is 5.45. The molecule has 1 aromatic heterocycles. The van der Waals surface area contributed by atoms with Crippen LogP contribution in [0.1, 0.15) is 5.56 Å². The first-order valence-electron chi connectivity index (χ1n) is 6.98. The molecule has 0 radical (unpaired) electrons. The molecular weight excluding hydrogens is 349 g/mol. The van der Waals surface area contributed by atoms with Gasteiger partial charge in [0.25, 0.3) is 10.0 Å². The lowest BCUT2D eigenvalue weighted by Crippen LogP contribution is -2.40. The van der Waals surface area contributed by atoms with Crippen molar-refractivity contribution in [1.82, 2.24) is 9.29 Å². The van der Waals surface area contributed by atoms with Gasteiger partial charge in [0.05, 0.1) is 24.3 Å². The van der Waals surface area contributed by atoms with Gasteiger partial charge in [0.2, 0.25) is 0 Å². The Morgan fingerprint density at radius 3 is 2.46 bits per heavy atom. The Kier molecular flexibility index (Phi) is 4.14.